The van der Waals surface area contributed by atoms with Crippen LogP contribution in [0.25, 0.3) is 0 Å². The Hall–Kier alpha value is -0.300. The van der Waals surface area contributed by atoms with Crippen LogP contribution in [0.15, 0.2) is 12.2 Å². The lowest BCUT2D eigenvalue weighted by atomic mass is 9.95. The highest BCUT2D eigenvalue weighted by Gasteiger charge is 2.35. The summed E-state index contributed by atoms with van der Waals surface area (Å²) in [6, 6.07) is 0. The highest BCUT2D eigenvalue weighted by molar-refractivity contribution is 5.09. The number of fused-ring (bicyclic) bond motifs is 2. The summed E-state index contributed by atoms with van der Waals surface area (Å²) in [7, 11) is 0. The standard InChI is InChI=1S/C14H24O/c1-2-3-4-5-8-15-11-14-10-12-6-7-13(14)9-12/h6-7,12-14H,2-5,8-11H2,1H3. The minimum atomic E-state index is 0.839. The molecule has 0 aromatic heterocycles. The second-order valence-electron chi connectivity index (χ2n) is 5.18. The minimum absolute atomic E-state index is 0.839. The highest BCUT2D eigenvalue weighted by atomic mass is 16.5. The summed E-state index contributed by atoms with van der Waals surface area (Å²) < 4.78 is 5.78. The van der Waals surface area contributed by atoms with Gasteiger partial charge in [0.1, 0.15) is 0 Å². The van der Waals surface area contributed by atoms with E-state index >= 15 is 0 Å². The van der Waals surface area contributed by atoms with E-state index in [1.807, 2.05) is 0 Å². The van der Waals surface area contributed by atoms with E-state index in [-0.39, 0.29) is 0 Å². The fourth-order valence-electron chi connectivity index (χ4n) is 2.95. The molecule has 0 aromatic rings. The topological polar surface area (TPSA) is 9.23 Å². The van der Waals surface area contributed by atoms with Crippen molar-refractivity contribution in [1.82, 2.24) is 0 Å². The maximum absolute atomic E-state index is 5.78. The third-order valence-corrected chi connectivity index (χ3v) is 3.89. The summed E-state index contributed by atoms with van der Waals surface area (Å²) in [6.45, 7) is 4.25. The third-order valence-electron chi connectivity index (χ3n) is 3.89. The molecule has 86 valence electrons. The Morgan fingerprint density at radius 1 is 1.13 bits per heavy atom. The smallest absolute Gasteiger partial charge is 0.0500 e. The van der Waals surface area contributed by atoms with Crippen LogP contribution >= 0.6 is 0 Å². The molecule has 0 aromatic carbocycles. The van der Waals surface area contributed by atoms with E-state index in [0.717, 1.165) is 31.0 Å². The molecule has 2 aliphatic rings. The van der Waals surface area contributed by atoms with Crippen molar-refractivity contribution in [1.29, 1.82) is 0 Å². The highest BCUT2D eigenvalue weighted by Crippen LogP contribution is 2.43. The van der Waals surface area contributed by atoms with Gasteiger partial charge in [0.25, 0.3) is 0 Å². The van der Waals surface area contributed by atoms with Crippen LogP contribution in [0.1, 0.15) is 45.4 Å². The molecule has 15 heavy (non-hydrogen) atoms. The molecule has 3 unspecified atom stereocenters. The minimum Gasteiger partial charge on any atom is -0.381 e. The molecule has 0 amide bonds. The predicted octanol–water partition coefficient (Wildman–Crippen LogP) is 3.80. The molecule has 3 atom stereocenters. The largest absolute Gasteiger partial charge is 0.381 e. The van der Waals surface area contributed by atoms with Crippen molar-refractivity contribution in [3.8, 4) is 0 Å². The molecule has 0 saturated heterocycles. The second kappa shape index (κ2) is 5.69. The molecular formula is C14H24O. The van der Waals surface area contributed by atoms with Gasteiger partial charge in [0.2, 0.25) is 0 Å². The van der Waals surface area contributed by atoms with E-state index < -0.39 is 0 Å². The van der Waals surface area contributed by atoms with Crippen molar-refractivity contribution < 1.29 is 4.74 Å². The quantitative estimate of drug-likeness (QED) is 0.457. The van der Waals surface area contributed by atoms with Gasteiger partial charge in [-0.05, 0) is 37.0 Å². The Morgan fingerprint density at radius 3 is 2.73 bits per heavy atom. The fraction of sp³-hybridized carbons (Fsp3) is 0.857. The van der Waals surface area contributed by atoms with Crippen LogP contribution in [0.4, 0.5) is 0 Å². The Kier molecular flexibility index (Phi) is 4.25. The van der Waals surface area contributed by atoms with Gasteiger partial charge >= 0.3 is 0 Å². The van der Waals surface area contributed by atoms with E-state index in [1.54, 1.807) is 0 Å². The molecule has 1 heteroatoms. The summed E-state index contributed by atoms with van der Waals surface area (Å²) in [5, 5.41) is 0. The fourth-order valence-corrected chi connectivity index (χ4v) is 2.95. The van der Waals surface area contributed by atoms with E-state index in [0.29, 0.717) is 0 Å². The van der Waals surface area contributed by atoms with Gasteiger partial charge in [0, 0.05) is 13.2 Å². The normalized spacial score (nSPS) is 32.7. The molecule has 1 nitrogen and oxygen atoms in total. The number of hydrogen-bond acceptors (Lipinski definition) is 1. The maximum Gasteiger partial charge on any atom is 0.0500 e. The average Bonchev–Trinajstić information content (AvgIpc) is 2.85. The van der Waals surface area contributed by atoms with Crippen LogP contribution in [0.3, 0.4) is 0 Å². The summed E-state index contributed by atoms with van der Waals surface area (Å²) in [5.41, 5.74) is 0. The van der Waals surface area contributed by atoms with Crippen LogP contribution in [0, 0.1) is 17.8 Å². The van der Waals surface area contributed by atoms with E-state index in [4.69, 9.17) is 4.74 Å². The van der Waals surface area contributed by atoms with Gasteiger partial charge in [-0.25, -0.2) is 0 Å². The predicted molar refractivity (Wildman–Crippen MR) is 63.8 cm³/mol. The lowest BCUT2D eigenvalue weighted by Crippen LogP contribution is -2.14. The average molecular weight is 208 g/mol. The van der Waals surface area contributed by atoms with Gasteiger partial charge in [-0.2, -0.15) is 0 Å². The first-order valence-electron chi connectivity index (χ1n) is 6.66. The third kappa shape index (κ3) is 3.07. The van der Waals surface area contributed by atoms with Crippen molar-refractivity contribution in [2.24, 2.45) is 17.8 Å². The lowest BCUT2D eigenvalue weighted by Gasteiger charge is -2.17. The van der Waals surface area contributed by atoms with Crippen LogP contribution < -0.4 is 0 Å². The monoisotopic (exact) mass is 208 g/mol. The van der Waals surface area contributed by atoms with Gasteiger partial charge in [0.15, 0.2) is 0 Å². The van der Waals surface area contributed by atoms with Crippen LogP contribution in [0.2, 0.25) is 0 Å². The molecule has 2 rings (SSSR count). The van der Waals surface area contributed by atoms with Gasteiger partial charge in [0.05, 0.1) is 0 Å². The summed E-state index contributed by atoms with van der Waals surface area (Å²) in [5.74, 6) is 2.58. The Morgan fingerprint density at radius 2 is 2.07 bits per heavy atom. The van der Waals surface area contributed by atoms with Gasteiger partial charge < -0.3 is 4.74 Å². The number of unbranched alkanes of at least 4 members (excludes halogenated alkanes) is 3. The zero-order valence-corrected chi connectivity index (χ0v) is 9.95. The molecule has 2 bridgehead atoms. The Labute approximate surface area is 93.9 Å². The van der Waals surface area contributed by atoms with Crippen LogP contribution in [-0.4, -0.2) is 13.2 Å². The summed E-state index contributed by atoms with van der Waals surface area (Å²) in [4.78, 5) is 0. The van der Waals surface area contributed by atoms with Crippen molar-refractivity contribution in [3.63, 3.8) is 0 Å². The lowest BCUT2D eigenvalue weighted by molar-refractivity contribution is 0.0877. The number of ether oxygens (including phenoxy) is 1. The van der Waals surface area contributed by atoms with E-state index in [2.05, 4.69) is 19.1 Å². The second-order valence-corrected chi connectivity index (χ2v) is 5.18. The number of allylic oxidation sites excluding steroid dienone is 2. The SMILES string of the molecule is CCCCCCOCC1CC2C=CC1C2. The van der Waals surface area contributed by atoms with Crippen LogP contribution in [-0.2, 0) is 4.74 Å². The number of rotatable bonds is 7. The molecule has 0 spiro atoms. The first-order valence-corrected chi connectivity index (χ1v) is 6.66. The zero-order valence-electron chi connectivity index (χ0n) is 9.95. The molecule has 0 aliphatic heterocycles. The summed E-state index contributed by atoms with van der Waals surface area (Å²) >= 11 is 0. The van der Waals surface area contributed by atoms with Crippen molar-refractivity contribution in [3.05, 3.63) is 12.2 Å². The van der Waals surface area contributed by atoms with E-state index in [1.165, 1.54) is 38.5 Å². The number of hydrogen-bond donors (Lipinski definition) is 0. The maximum atomic E-state index is 5.78. The van der Waals surface area contributed by atoms with Crippen molar-refractivity contribution in [2.45, 2.75) is 45.4 Å². The zero-order chi connectivity index (χ0) is 10.5. The Balaban J connectivity index is 1.50. The molecule has 0 heterocycles. The Bertz CT molecular complexity index is 209. The van der Waals surface area contributed by atoms with Gasteiger partial charge in [-0.3, -0.25) is 0 Å². The molecule has 1 fully saturated rings. The summed E-state index contributed by atoms with van der Waals surface area (Å²) in [6.07, 6.45) is 12.9. The molecule has 0 radical (unpaired) electrons. The van der Waals surface area contributed by atoms with Gasteiger partial charge in [-0.15, -0.1) is 0 Å². The molecule has 0 N–H and O–H groups in total. The first-order chi connectivity index (χ1) is 7.40. The first kappa shape index (κ1) is 11.2. The van der Waals surface area contributed by atoms with E-state index in [9.17, 15) is 0 Å². The van der Waals surface area contributed by atoms with Crippen molar-refractivity contribution in [2.75, 3.05) is 13.2 Å². The molecular weight excluding hydrogens is 184 g/mol. The van der Waals surface area contributed by atoms with Crippen LogP contribution in [0.5, 0.6) is 0 Å². The van der Waals surface area contributed by atoms with Crippen molar-refractivity contribution >= 4 is 0 Å². The molecule has 2 aliphatic carbocycles. The van der Waals surface area contributed by atoms with Gasteiger partial charge in [-0.1, -0.05) is 38.3 Å². The molecule has 1 saturated carbocycles.